The van der Waals surface area contributed by atoms with Crippen molar-refractivity contribution in [1.29, 1.82) is 0 Å². The van der Waals surface area contributed by atoms with Gasteiger partial charge in [-0.15, -0.1) is 0 Å². The van der Waals surface area contributed by atoms with Crippen LogP contribution in [0.3, 0.4) is 0 Å². The van der Waals surface area contributed by atoms with Crippen LogP contribution in [0.5, 0.6) is 0 Å². The molecule has 1 heteroatoms. The van der Waals surface area contributed by atoms with Crippen LogP contribution in [0.4, 0.5) is 0 Å². The van der Waals surface area contributed by atoms with E-state index in [-0.39, 0.29) is 0 Å². The topological polar surface area (TPSA) is 0 Å². The predicted molar refractivity (Wildman–Crippen MR) is 72.7 cm³/mol. The molecule has 0 saturated heterocycles. The fourth-order valence-electron chi connectivity index (χ4n) is 2.21. The lowest BCUT2D eigenvalue weighted by molar-refractivity contribution is 0.715. The van der Waals surface area contributed by atoms with Crippen molar-refractivity contribution in [2.24, 2.45) is 0 Å². The van der Waals surface area contributed by atoms with E-state index in [1.165, 1.54) is 36.8 Å². The van der Waals surface area contributed by atoms with Gasteiger partial charge in [-0.05, 0) is 49.8 Å². The smallest absolute Gasteiger partial charge is 0.0886 e. The van der Waals surface area contributed by atoms with Crippen molar-refractivity contribution in [3.8, 4) is 0 Å². The van der Waals surface area contributed by atoms with Crippen molar-refractivity contribution >= 4 is 14.7 Å². The summed E-state index contributed by atoms with van der Waals surface area (Å²) in [6.45, 7) is 4.48. The Bertz CT molecular complexity index is 379. The minimum Gasteiger partial charge on any atom is -0.0886 e. The normalized spacial score (nSPS) is 20.8. The fraction of sp³-hybridized carbons (Fsp3) is 0.467. The van der Waals surface area contributed by atoms with Crippen LogP contribution in [0.15, 0.2) is 30.4 Å². The molecule has 1 aromatic carbocycles. The molecule has 0 saturated carbocycles. The van der Waals surface area contributed by atoms with Gasteiger partial charge in [-0.25, -0.2) is 0 Å². The highest BCUT2D eigenvalue weighted by Crippen LogP contribution is 2.21. The fourth-order valence-corrected chi connectivity index (χ4v) is 3.80. The number of benzene rings is 1. The van der Waals surface area contributed by atoms with Crippen LogP contribution < -0.4 is 5.19 Å². The van der Waals surface area contributed by atoms with Crippen LogP contribution in [0.2, 0.25) is 5.54 Å². The molecule has 0 nitrogen and oxygen atoms in total. The summed E-state index contributed by atoms with van der Waals surface area (Å²) in [4.78, 5) is 0. The van der Waals surface area contributed by atoms with Gasteiger partial charge in [0.15, 0.2) is 0 Å². The Kier molecular flexibility index (Phi) is 4.00. The van der Waals surface area contributed by atoms with Crippen molar-refractivity contribution < 1.29 is 0 Å². The quantitative estimate of drug-likeness (QED) is 0.536. The van der Waals surface area contributed by atoms with Gasteiger partial charge in [0.2, 0.25) is 0 Å². The molecule has 16 heavy (non-hydrogen) atoms. The first-order valence-electron chi connectivity index (χ1n) is 6.27. The molecule has 0 N–H and O–H groups in total. The summed E-state index contributed by atoms with van der Waals surface area (Å²) >= 11 is 0. The molecular weight excluding hydrogens is 208 g/mol. The highest BCUT2D eigenvalue weighted by Gasteiger charge is 2.11. The monoisotopic (exact) mass is 228 g/mol. The number of aryl methyl sites for hydroxylation is 1. The number of rotatable bonds is 2. The van der Waals surface area contributed by atoms with Gasteiger partial charge in [0, 0.05) is 0 Å². The Labute approximate surface area is 102 Å². The lowest BCUT2D eigenvalue weighted by Crippen LogP contribution is -2.22. The van der Waals surface area contributed by atoms with E-state index in [9.17, 15) is 0 Å². The number of hydrogen-bond donors (Lipinski definition) is 0. The first-order valence-corrected chi connectivity index (χ1v) is 7.34. The Morgan fingerprint density at radius 3 is 2.94 bits per heavy atom. The van der Waals surface area contributed by atoms with Gasteiger partial charge in [0.05, 0.1) is 9.52 Å². The molecule has 2 radical (unpaired) electrons. The van der Waals surface area contributed by atoms with Gasteiger partial charge in [0.25, 0.3) is 0 Å². The third kappa shape index (κ3) is 2.85. The van der Waals surface area contributed by atoms with Crippen molar-refractivity contribution in [2.75, 3.05) is 0 Å². The van der Waals surface area contributed by atoms with E-state index in [2.05, 4.69) is 44.2 Å². The molecule has 0 spiro atoms. The molecule has 1 aliphatic carbocycles. The van der Waals surface area contributed by atoms with Crippen molar-refractivity contribution in [1.82, 2.24) is 0 Å². The molecular formula is C15H20Si. The summed E-state index contributed by atoms with van der Waals surface area (Å²) < 4.78 is 0. The molecule has 0 bridgehead atoms. The zero-order valence-electron chi connectivity index (χ0n) is 10.3. The molecule has 0 aromatic heterocycles. The van der Waals surface area contributed by atoms with E-state index in [1.54, 1.807) is 5.19 Å². The first-order chi connectivity index (χ1) is 7.77. The van der Waals surface area contributed by atoms with Crippen molar-refractivity contribution in [3.63, 3.8) is 0 Å². The Hall–Kier alpha value is -0.823. The van der Waals surface area contributed by atoms with Gasteiger partial charge < -0.3 is 0 Å². The Morgan fingerprint density at radius 2 is 2.06 bits per heavy atom. The van der Waals surface area contributed by atoms with E-state index in [4.69, 9.17) is 0 Å². The van der Waals surface area contributed by atoms with Gasteiger partial charge in [0.1, 0.15) is 0 Å². The van der Waals surface area contributed by atoms with E-state index < -0.39 is 0 Å². The molecule has 0 fully saturated rings. The maximum Gasteiger partial charge on any atom is 0.0887 e. The summed E-state index contributed by atoms with van der Waals surface area (Å²) in [5, 5.41) is 1.57. The molecule has 1 aliphatic rings. The lowest BCUT2D eigenvalue weighted by atomic mass is 10.1. The third-order valence-electron chi connectivity index (χ3n) is 3.45. The van der Waals surface area contributed by atoms with Gasteiger partial charge in [-0.2, -0.15) is 0 Å². The first kappa shape index (κ1) is 11.7. The minimum absolute atomic E-state index is 0.794. The Morgan fingerprint density at radius 1 is 1.19 bits per heavy atom. The van der Waals surface area contributed by atoms with Crippen LogP contribution in [0, 0.1) is 13.8 Å². The van der Waals surface area contributed by atoms with Crippen LogP contribution in [0.25, 0.3) is 0 Å². The maximum atomic E-state index is 2.45. The van der Waals surface area contributed by atoms with Crippen molar-refractivity contribution in [3.05, 3.63) is 41.5 Å². The molecule has 0 heterocycles. The Balaban J connectivity index is 2.10. The summed E-state index contributed by atoms with van der Waals surface area (Å²) in [6.07, 6.45) is 10.3. The zero-order chi connectivity index (χ0) is 11.4. The van der Waals surface area contributed by atoms with Crippen molar-refractivity contribution in [2.45, 2.75) is 45.1 Å². The third-order valence-corrected chi connectivity index (χ3v) is 5.15. The molecule has 1 aromatic rings. The van der Waals surface area contributed by atoms with Crippen LogP contribution in [-0.2, 0) is 0 Å². The number of hydrogen-bond acceptors (Lipinski definition) is 0. The van der Waals surface area contributed by atoms with E-state index in [0.29, 0.717) is 0 Å². The molecule has 0 amide bonds. The van der Waals surface area contributed by atoms with E-state index in [1.807, 2.05) is 0 Å². The van der Waals surface area contributed by atoms with Gasteiger partial charge in [-0.1, -0.05) is 42.0 Å². The standard InChI is InChI=1S/C15H20Si/c1-12-8-7-11-15(13(12)2)16-14-9-5-3-4-6-10-14/h5,7-9,11,14H,3-4,6,10H2,1-2H3. The highest BCUT2D eigenvalue weighted by molar-refractivity contribution is 6.56. The van der Waals surface area contributed by atoms with E-state index >= 15 is 0 Å². The molecule has 2 rings (SSSR count). The second kappa shape index (κ2) is 5.49. The van der Waals surface area contributed by atoms with Crippen LogP contribution in [-0.4, -0.2) is 9.52 Å². The molecule has 1 unspecified atom stereocenters. The largest absolute Gasteiger partial charge is 0.0887 e. The lowest BCUT2D eigenvalue weighted by Gasteiger charge is -2.13. The van der Waals surface area contributed by atoms with Crippen LogP contribution in [0.1, 0.15) is 36.8 Å². The van der Waals surface area contributed by atoms with Crippen LogP contribution >= 0.6 is 0 Å². The van der Waals surface area contributed by atoms with Gasteiger partial charge in [-0.3, -0.25) is 0 Å². The molecule has 1 atom stereocenters. The second-order valence-corrected chi connectivity index (χ2v) is 6.28. The van der Waals surface area contributed by atoms with E-state index in [0.717, 1.165) is 15.1 Å². The number of allylic oxidation sites excluding steroid dienone is 2. The molecule has 84 valence electrons. The highest BCUT2D eigenvalue weighted by atomic mass is 28.2. The average molecular weight is 228 g/mol. The minimum atomic E-state index is 0.794. The predicted octanol–water partition coefficient (Wildman–Crippen LogP) is 3.55. The summed E-state index contributed by atoms with van der Waals surface area (Å²) in [6, 6.07) is 6.72. The SMILES string of the molecule is Cc1cccc([Si]C2C=CCCCC2)c1C. The second-order valence-electron chi connectivity index (χ2n) is 4.71. The van der Waals surface area contributed by atoms with Gasteiger partial charge >= 0.3 is 0 Å². The summed E-state index contributed by atoms with van der Waals surface area (Å²) in [5.41, 5.74) is 3.73. The summed E-state index contributed by atoms with van der Waals surface area (Å²) in [5.74, 6) is 0. The average Bonchev–Trinajstić information content (AvgIpc) is 2.53. The molecule has 0 aliphatic heterocycles. The summed E-state index contributed by atoms with van der Waals surface area (Å²) in [7, 11) is 0.958. The zero-order valence-corrected chi connectivity index (χ0v) is 11.3. The maximum absolute atomic E-state index is 2.45.